The van der Waals surface area contributed by atoms with Crippen molar-refractivity contribution in [3.05, 3.63) is 17.7 Å². The zero-order valence-electron chi connectivity index (χ0n) is 10.5. The minimum atomic E-state index is -0.0845. The summed E-state index contributed by atoms with van der Waals surface area (Å²) >= 11 is 0. The van der Waals surface area contributed by atoms with Crippen LogP contribution in [0, 0.1) is 0 Å². The summed E-state index contributed by atoms with van der Waals surface area (Å²) in [5, 5.41) is 2.71. The lowest BCUT2D eigenvalue weighted by Gasteiger charge is -2.14. The lowest BCUT2D eigenvalue weighted by Crippen LogP contribution is -2.18. The summed E-state index contributed by atoms with van der Waals surface area (Å²) in [6, 6.07) is 3.61. The Morgan fingerprint density at radius 2 is 1.65 bits per heavy atom. The molecule has 0 aromatic heterocycles. The van der Waals surface area contributed by atoms with Crippen molar-refractivity contribution in [2.24, 2.45) is 0 Å². The van der Waals surface area contributed by atoms with Crippen molar-refractivity contribution >= 4 is 5.91 Å². The van der Waals surface area contributed by atoms with Gasteiger partial charge in [0, 0.05) is 13.5 Å². The van der Waals surface area contributed by atoms with E-state index in [0.717, 1.165) is 5.56 Å². The summed E-state index contributed by atoms with van der Waals surface area (Å²) in [7, 11) is 4.66. The van der Waals surface area contributed by atoms with E-state index in [9.17, 15) is 4.79 Å². The van der Waals surface area contributed by atoms with Crippen LogP contribution in [-0.4, -0.2) is 27.2 Å². The number of carbonyl (C=O) groups excluding carboxylic acids is 1. The van der Waals surface area contributed by atoms with Crippen LogP contribution in [0.15, 0.2) is 12.1 Å². The van der Waals surface area contributed by atoms with Crippen LogP contribution in [0.3, 0.4) is 0 Å². The molecule has 0 unspecified atom stereocenters. The highest BCUT2D eigenvalue weighted by atomic mass is 16.5. The number of rotatable bonds is 5. The summed E-state index contributed by atoms with van der Waals surface area (Å²) in [4.78, 5) is 10.9. The van der Waals surface area contributed by atoms with Crippen LogP contribution >= 0.6 is 0 Å². The highest BCUT2D eigenvalue weighted by Crippen LogP contribution is 2.38. The first-order chi connectivity index (χ1) is 8.12. The van der Waals surface area contributed by atoms with E-state index in [1.165, 1.54) is 6.92 Å². The van der Waals surface area contributed by atoms with Gasteiger partial charge in [-0.05, 0) is 17.7 Å². The molecule has 0 aliphatic heterocycles. The SMILES string of the molecule is COc1cc(CNC(C)=O)cc(OC)c1OC. The molecule has 0 spiro atoms. The summed E-state index contributed by atoms with van der Waals surface area (Å²) in [6.07, 6.45) is 0. The molecule has 0 aliphatic rings. The van der Waals surface area contributed by atoms with Crippen molar-refractivity contribution in [1.82, 2.24) is 5.32 Å². The Bertz CT molecular complexity index is 378. The molecule has 1 rings (SSSR count). The second kappa shape index (κ2) is 5.98. The molecular formula is C12H17NO4. The molecule has 0 atom stereocenters. The van der Waals surface area contributed by atoms with Crippen molar-refractivity contribution in [2.45, 2.75) is 13.5 Å². The molecule has 1 aromatic rings. The number of amides is 1. The maximum atomic E-state index is 10.9. The third-order valence-corrected chi connectivity index (χ3v) is 2.27. The van der Waals surface area contributed by atoms with Crippen molar-refractivity contribution in [3.63, 3.8) is 0 Å². The molecule has 1 amide bonds. The molecule has 1 aromatic carbocycles. The van der Waals surface area contributed by atoms with Crippen LogP contribution in [-0.2, 0) is 11.3 Å². The second-order valence-electron chi connectivity index (χ2n) is 3.44. The fourth-order valence-electron chi connectivity index (χ4n) is 1.46. The Hall–Kier alpha value is -1.91. The van der Waals surface area contributed by atoms with Crippen molar-refractivity contribution in [2.75, 3.05) is 21.3 Å². The molecule has 0 saturated carbocycles. The number of carbonyl (C=O) groups is 1. The molecule has 0 bridgehead atoms. The molecule has 0 heterocycles. The number of ether oxygens (including phenoxy) is 3. The zero-order chi connectivity index (χ0) is 12.8. The molecule has 5 heteroatoms. The fourth-order valence-corrected chi connectivity index (χ4v) is 1.46. The van der Waals surface area contributed by atoms with E-state index in [2.05, 4.69) is 5.32 Å². The number of methoxy groups -OCH3 is 3. The van der Waals surface area contributed by atoms with Crippen LogP contribution in [0.4, 0.5) is 0 Å². The first-order valence-corrected chi connectivity index (χ1v) is 5.15. The fraction of sp³-hybridized carbons (Fsp3) is 0.417. The zero-order valence-corrected chi connectivity index (χ0v) is 10.5. The minimum absolute atomic E-state index is 0.0845. The molecule has 5 nitrogen and oxygen atoms in total. The average Bonchev–Trinajstić information content (AvgIpc) is 2.34. The van der Waals surface area contributed by atoms with Gasteiger partial charge in [0.1, 0.15) is 0 Å². The number of benzene rings is 1. The van der Waals surface area contributed by atoms with Crippen molar-refractivity contribution < 1.29 is 19.0 Å². The van der Waals surface area contributed by atoms with Gasteiger partial charge in [-0.15, -0.1) is 0 Å². The predicted molar refractivity (Wildman–Crippen MR) is 63.6 cm³/mol. The Labute approximate surface area is 101 Å². The lowest BCUT2D eigenvalue weighted by atomic mass is 10.2. The molecule has 0 fully saturated rings. The number of nitrogens with one attached hydrogen (secondary N) is 1. The first kappa shape index (κ1) is 13.2. The van der Waals surface area contributed by atoms with Gasteiger partial charge in [-0.1, -0.05) is 0 Å². The standard InChI is InChI=1S/C12H17NO4/c1-8(14)13-7-9-5-10(15-2)12(17-4)11(6-9)16-3/h5-6H,7H2,1-4H3,(H,13,14). The van der Waals surface area contributed by atoms with Gasteiger partial charge in [-0.25, -0.2) is 0 Å². The van der Waals surface area contributed by atoms with Gasteiger partial charge in [-0.2, -0.15) is 0 Å². The van der Waals surface area contributed by atoms with Crippen LogP contribution in [0.1, 0.15) is 12.5 Å². The van der Waals surface area contributed by atoms with Gasteiger partial charge in [0.05, 0.1) is 21.3 Å². The maximum Gasteiger partial charge on any atom is 0.217 e. The van der Waals surface area contributed by atoms with Gasteiger partial charge in [0.2, 0.25) is 11.7 Å². The molecule has 1 N–H and O–H groups in total. The summed E-state index contributed by atoms with van der Waals surface area (Å²) in [6.45, 7) is 1.89. The van der Waals surface area contributed by atoms with E-state index < -0.39 is 0 Å². The second-order valence-corrected chi connectivity index (χ2v) is 3.44. The maximum absolute atomic E-state index is 10.9. The van der Waals surface area contributed by atoms with E-state index in [-0.39, 0.29) is 5.91 Å². The predicted octanol–water partition coefficient (Wildman–Crippen LogP) is 1.35. The number of hydrogen-bond donors (Lipinski definition) is 1. The monoisotopic (exact) mass is 239 g/mol. The van der Waals surface area contributed by atoms with Crippen LogP contribution < -0.4 is 19.5 Å². The third-order valence-electron chi connectivity index (χ3n) is 2.27. The van der Waals surface area contributed by atoms with Crippen LogP contribution in [0.5, 0.6) is 17.2 Å². The van der Waals surface area contributed by atoms with Gasteiger partial charge in [0.25, 0.3) is 0 Å². The van der Waals surface area contributed by atoms with E-state index in [0.29, 0.717) is 23.8 Å². The molecule has 94 valence electrons. The van der Waals surface area contributed by atoms with Gasteiger partial charge >= 0.3 is 0 Å². The largest absolute Gasteiger partial charge is 0.493 e. The molecule has 0 radical (unpaired) electrons. The highest BCUT2D eigenvalue weighted by Gasteiger charge is 2.12. The molecule has 0 saturated heterocycles. The molecular weight excluding hydrogens is 222 g/mol. The Kier molecular flexibility index (Phi) is 4.63. The van der Waals surface area contributed by atoms with Gasteiger partial charge in [0.15, 0.2) is 11.5 Å². The van der Waals surface area contributed by atoms with Crippen LogP contribution in [0.25, 0.3) is 0 Å². The van der Waals surface area contributed by atoms with Crippen molar-refractivity contribution in [1.29, 1.82) is 0 Å². The van der Waals surface area contributed by atoms with Crippen LogP contribution in [0.2, 0.25) is 0 Å². The van der Waals surface area contributed by atoms with Gasteiger partial charge in [-0.3, -0.25) is 4.79 Å². The van der Waals surface area contributed by atoms with E-state index in [4.69, 9.17) is 14.2 Å². The summed E-state index contributed by atoms with van der Waals surface area (Å²) in [5.41, 5.74) is 0.884. The van der Waals surface area contributed by atoms with E-state index in [1.54, 1.807) is 33.5 Å². The van der Waals surface area contributed by atoms with Crippen molar-refractivity contribution in [3.8, 4) is 17.2 Å². The first-order valence-electron chi connectivity index (χ1n) is 5.15. The van der Waals surface area contributed by atoms with E-state index in [1.807, 2.05) is 0 Å². The lowest BCUT2D eigenvalue weighted by molar-refractivity contribution is -0.119. The number of hydrogen-bond acceptors (Lipinski definition) is 4. The Morgan fingerprint density at radius 1 is 1.12 bits per heavy atom. The van der Waals surface area contributed by atoms with Gasteiger partial charge < -0.3 is 19.5 Å². The topological polar surface area (TPSA) is 56.8 Å². The molecule has 17 heavy (non-hydrogen) atoms. The highest BCUT2D eigenvalue weighted by molar-refractivity contribution is 5.72. The summed E-state index contributed by atoms with van der Waals surface area (Å²) < 4.78 is 15.6. The molecule has 0 aliphatic carbocycles. The third kappa shape index (κ3) is 3.27. The van der Waals surface area contributed by atoms with E-state index >= 15 is 0 Å². The quantitative estimate of drug-likeness (QED) is 0.842. The summed E-state index contributed by atoms with van der Waals surface area (Å²) in [5.74, 6) is 1.61. The Balaban J connectivity index is 3.04. The Morgan fingerprint density at radius 3 is 2.00 bits per heavy atom. The minimum Gasteiger partial charge on any atom is -0.493 e. The normalized spacial score (nSPS) is 9.65. The average molecular weight is 239 g/mol. The smallest absolute Gasteiger partial charge is 0.217 e.